The number of sulfonamides is 1. The Bertz CT molecular complexity index is 607. The zero-order chi connectivity index (χ0) is 16.5. The van der Waals surface area contributed by atoms with Gasteiger partial charge in [-0.3, -0.25) is 0 Å². The van der Waals surface area contributed by atoms with Crippen LogP contribution in [0.15, 0.2) is 24.3 Å². The Morgan fingerprint density at radius 1 is 1.18 bits per heavy atom. The molecule has 0 bridgehead atoms. The number of hydrogen-bond acceptors (Lipinski definition) is 3. The van der Waals surface area contributed by atoms with Crippen molar-refractivity contribution in [3.63, 3.8) is 0 Å². The maximum Gasteiger partial charge on any atom is 0.416 e. The van der Waals surface area contributed by atoms with Crippen LogP contribution in [0.2, 0.25) is 0 Å². The molecule has 8 heteroatoms. The highest BCUT2D eigenvalue weighted by atomic mass is 32.2. The van der Waals surface area contributed by atoms with E-state index in [1.165, 1.54) is 12.1 Å². The van der Waals surface area contributed by atoms with Gasteiger partial charge in [0.1, 0.15) is 5.25 Å². The third kappa shape index (κ3) is 3.80. The molecular weight excluding hydrogens is 319 g/mol. The molecule has 1 aromatic carbocycles. The zero-order valence-electron chi connectivity index (χ0n) is 12.2. The van der Waals surface area contributed by atoms with Crippen LogP contribution in [0.25, 0.3) is 0 Å². The predicted octanol–water partition coefficient (Wildman–Crippen LogP) is 2.72. The van der Waals surface area contributed by atoms with Gasteiger partial charge in [0.25, 0.3) is 0 Å². The van der Waals surface area contributed by atoms with Crippen molar-refractivity contribution >= 4 is 10.0 Å². The molecule has 1 aliphatic heterocycles. The summed E-state index contributed by atoms with van der Waals surface area (Å²) in [4.78, 5) is 0. The van der Waals surface area contributed by atoms with Crippen molar-refractivity contribution in [3.05, 3.63) is 35.4 Å². The molecule has 0 spiro atoms. The largest absolute Gasteiger partial charge is 0.416 e. The Labute approximate surface area is 127 Å². The van der Waals surface area contributed by atoms with Gasteiger partial charge in [-0.2, -0.15) is 13.2 Å². The highest BCUT2D eigenvalue weighted by molar-refractivity contribution is 7.90. The van der Waals surface area contributed by atoms with Crippen molar-refractivity contribution in [1.82, 2.24) is 4.72 Å². The Hall–Kier alpha value is -1.12. The van der Waals surface area contributed by atoms with Crippen molar-refractivity contribution in [1.29, 1.82) is 0 Å². The number of ether oxygens (including phenoxy) is 1. The quantitative estimate of drug-likeness (QED) is 0.899. The molecule has 1 saturated heterocycles. The lowest BCUT2D eigenvalue weighted by Gasteiger charge is -2.30. The first-order chi connectivity index (χ1) is 10.1. The van der Waals surface area contributed by atoms with Gasteiger partial charge in [-0.05, 0) is 23.6 Å². The van der Waals surface area contributed by atoms with E-state index in [9.17, 15) is 21.6 Å². The summed E-state index contributed by atoms with van der Waals surface area (Å²) in [6.07, 6.45) is -4.41. The van der Waals surface area contributed by atoms with Crippen molar-refractivity contribution < 1.29 is 26.3 Å². The first-order valence-corrected chi connectivity index (χ1v) is 8.42. The van der Waals surface area contributed by atoms with E-state index in [1.807, 2.05) is 13.8 Å². The summed E-state index contributed by atoms with van der Waals surface area (Å²) in [6, 6.07) is 3.98. The van der Waals surface area contributed by atoms with Crippen LogP contribution in [0.1, 0.15) is 31.0 Å². The van der Waals surface area contributed by atoms with E-state index in [2.05, 4.69) is 4.72 Å². The molecule has 1 fully saturated rings. The summed E-state index contributed by atoms with van der Waals surface area (Å²) in [7, 11) is -3.55. The van der Waals surface area contributed by atoms with Gasteiger partial charge in [0.05, 0.1) is 18.8 Å². The molecule has 1 atom stereocenters. The van der Waals surface area contributed by atoms with Gasteiger partial charge in [0, 0.05) is 6.04 Å². The fourth-order valence-corrected chi connectivity index (χ4v) is 3.64. The molecule has 0 saturated carbocycles. The monoisotopic (exact) mass is 337 g/mol. The molecule has 1 heterocycles. The minimum Gasteiger partial charge on any atom is -0.378 e. The van der Waals surface area contributed by atoms with Gasteiger partial charge in [0.2, 0.25) is 10.0 Å². The summed E-state index contributed by atoms with van der Waals surface area (Å²) < 4.78 is 69.5. The van der Waals surface area contributed by atoms with Crippen LogP contribution < -0.4 is 4.72 Å². The van der Waals surface area contributed by atoms with Crippen LogP contribution >= 0.6 is 0 Å². The molecule has 2 rings (SSSR count). The lowest BCUT2D eigenvalue weighted by molar-refractivity contribution is -0.137. The number of benzene rings is 1. The third-order valence-corrected chi connectivity index (χ3v) is 5.33. The maximum absolute atomic E-state index is 12.6. The van der Waals surface area contributed by atoms with Gasteiger partial charge in [-0.25, -0.2) is 13.1 Å². The van der Waals surface area contributed by atoms with Crippen LogP contribution in [0.3, 0.4) is 0 Å². The number of alkyl halides is 3. The van der Waals surface area contributed by atoms with Gasteiger partial charge < -0.3 is 4.74 Å². The third-order valence-electron chi connectivity index (χ3n) is 3.60. The fraction of sp³-hybridized carbons (Fsp3) is 0.571. The Morgan fingerprint density at radius 3 is 2.09 bits per heavy atom. The lowest BCUT2D eigenvalue weighted by Crippen LogP contribution is -2.48. The summed E-state index contributed by atoms with van der Waals surface area (Å²) in [5.74, 6) is -0.104. The average Bonchev–Trinajstić information content (AvgIpc) is 2.32. The Morgan fingerprint density at radius 2 is 1.73 bits per heavy atom. The predicted molar refractivity (Wildman–Crippen MR) is 75.7 cm³/mol. The molecule has 0 radical (unpaired) electrons. The van der Waals surface area contributed by atoms with E-state index < -0.39 is 33.1 Å². The molecule has 0 aromatic heterocycles. The van der Waals surface area contributed by atoms with Crippen LogP contribution in [0.5, 0.6) is 0 Å². The van der Waals surface area contributed by atoms with Crippen molar-refractivity contribution in [3.8, 4) is 0 Å². The number of hydrogen-bond donors (Lipinski definition) is 1. The van der Waals surface area contributed by atoms with Gasteiger partial charge >= 0.3 is 6.18 Å². The van der Waals surface area contributed by atoms with Crippen LogP contribution in [-0.4, -0.2) is 26.9 Å². The van der Waals surface area contributed by atoms with E-state index in [-0.39, 0.29) is 19.1 Å². The van der Waals surface area contributed by atoms with E-state index in [4.69, 9.17) is 4.74 Å². The van der Waals surface area contributed by atoms with Crippen molar-refractivity contribution in [2.45, 2.75) is 31.3 Å². The molecular formula is C14H18F3NO3S. The van der Waals surface area contributed by atoms with Crippen molar-refractivity contribution in [2.24, 2.45) is 5.92 Å². The van der Waals surface area contributed by atoms with E-state index in [0.717, 1.165) is 12.1 Å². The fourth-order valence-electron chi connectivity index (χ4n) is 2.13. The molecule has 4 nitrogen and oxygen atoms in total. The lowest BCUT2D eigenvalue weighted by atomic mass is 9.96. The maximum atomic E-state index is 12.6. The summed E-state index contributed by atoms with van der Waals surface area (Å²) in [5.41, 5.74) is -0.249. The average molecular weight is 337 g/mol. The summed E-state index contributed by atoms with van der Waals surface area (Å²) in [6.45, 7) is 3.91. The first kappa shape index (κ1) is 17.2. The molecule has 1 aliphatic rings. The molecule has 22 heavy (non-hydrogen) atoms. The molecule has 0 amide bonds. The second-order valence-corrected chi connectivity index (χ2v) is 7.66. The van der Waals surface area contributed by atoms with Gasteiger partial charge in [-0.1, -0.05) is 26.0 Å². The molecule has 1 N–H and O–H groups in total. The second-order valence-electron chi connectivity index (χ2n) is 5.66. The molecule has 0 aliphatic carbocycles. The topological polar surface area (TPSA) is 55.4 Å². The Balaban J connectivity index is 2.21. The molecule has 1 aromatic rings. The summed E-state index contributed by atoms with van der Waals surface area (Å²) >= 11 is 0. The minimum absolute atomic E-state index is 0.104. The van der Waals surface area contributed by atoms with E-state index >= 15 is 0 Å². The summed E-state index contributed by atoms with van der Waals surface area (Å²) in [5, 5.41) is -0.594. The second kappa shape index (κ2) is 6.17. The number of nitrogens with one attached hydrogen (secondary N) is 1. The standard InChI is InChI=1S/C14H18F3NO3S/c1-9(2)13(18-22(19,20)12-7-21-8-12)10-3-5-11(6-4-10)14(15,16)17/h3-6,9,12-13,18H,7-8H2,1-2H3. The van der Waals surface area contributed by atoms with E-state index in [1.54, 1.807) is 0 Å². The van der Waals surface area contributed by atoms with Crippen LogP contribution in [0.4, 0.5) is 13.2 Å². The normalized spacial score (nSPS) is 18.3. The van der Waals surface area contributed by atoms with Crippen LogP contribution in [-0.2, 0) is 20.9 Å². The number of halogens is 3. The van der Waals surface area contributed by atoms with Crippen molar-refractivity contribution in [2.75, 3.05) is 13.2 Å². The number of rotatable bonds is 5. The highest BCUT2D eigenvalue weighted by Crippen LogP contribution is 2.31. The molecule has 1 unspecified atom stereocenters. The Kier molecular flexibility index (Phi) is 4.84. The minimum atomic E-state index is -4.41. The smallest absolute Gasteiger partial charge is 0.378 e. The zero-order valence-corrected chi connectivity index (χ0v) is 13.0. The van der Waals surface area contributed by atoms with E-state index in [0.29, 0.717) is 5.56 Å². The highest BCUT2D eigenvalue weighted by Gasteiger charge is 2.35. The van der Waals surface area contributed by atoms with Gasteiger partial charge in [-0.15, -0.1) is 0 Å². The SMILES string of the molecule is CC(C)C(NS(=O)(=O)C1COC1)c1ccc(C(F)(F)F)cc1. The van der Waals surface area contributed by atoms with Crippen LogP contribution in [0, 0.1) is 5.92 Å². The van der Waals surface area contributed by atoms with Gasteiger partial charge in [0.15, 0.2) is 0 Å². The first-order valence-electron chi connectivity index (χ1n) is 6.87. The molecule has 124 valence electrons.